The smallest absolute Gasteiger partial charge is 0.371 e. The van der Waals surface area contributed by atoms with Crippen molar-refractivity contribution in [3.05, 3.63) is 0 Å². The summed E-state index contributed by atoms with van der Waals surface area (Å²) in [5.74, 6) is -0.900. The Morgan fingerprint density at radius 3 is 2.17 bits per heavy atom. The lowest BCUT2D eigenvalue weighted by Gasteiger charge is -2.10. The monoisotopic (exact) mass is 282 g/mol. The normalized spacial score (nSPS) is 12.6. The molecule has 18 heavy (non-hydrogen) atoms. The Bertz CT molecular complexity index is 253. The number of nitrogens with one attached hydrogen (secondary N) is 2. The van der Waals surface area contributed by atoms with E-state index in [2.05, 4.69) is 10.1 Å². The number of halogens is 6. The zero-order chi connectivity index (χ0) is 14.2. The minimum atomic E-state index is -4.49. The largest absolute Gasteiger partial charge is 0.411 e. The van der Waals surface area contributed by atoms with E-state index in [4.69, 9.17) is 0 Å². The summed E-state index contributed by atoms with van der Waals surface area (Å²) in [5.41, 5.74) is 0. The second-order valence-corrected chi connectivity index (χ2v) is 3.24. The molecular formula is C8H12F6N2O2. The van der Waals surface area contributed by atoms with E-state index in [1.54, 1.807) is 5.32 Å². The molecule has 10 heteroatoms. The Morgan fingerprint density at radius 2 is 1.67 bits per heavy atom. The number of carbonyl (C=O) groups excluding carboxylic acids is 1. The molecule has 4 nitrogen and oxygen atoms in total. The molecule has 0 spiro atoms. The summed E-state index contributed by atoms with van der Waals surface area (Å²) in [4.78, 5) is 10.8. The standard InChI is InChI=1S/C8H12F6N2O2/c9-7(10,11)4-16-6(17)3-15-1-2-18-5-8(12,13)14/h15H,1-5H2,(H,16,17). The van der Waals surface area contributed by atoms with Gasteiger partial charge in [0.05, 0.1) is 13.2 Å². The lowest BCUT2D eigenvalue weighted by atomic mass is 10.5. The van der Waals surface area contributed by atoms with Crippen LogP contribution in [-0.2, 0) is 9.53 Å². The topological polar surface area (TPSA) is 50.4 Å². The van der Waals surface area contributed by atoms with Crippen LogP contribution in [0.4, 0.5) is 26.3 Å². The van der Waals surface area contributed by atoms with Gasteiger partial charge >= 0.3 is 12.4 Å². The van der Waals surface area contributed by atoms with Crippen molar-refractivity contribution in [2.75, 3.05) is 32.8 Å². The molecular weight excluding hydrogens is 270 g/mol. The lowest BCUT2D eigenvalue weighted by Crippen LogP contribution is -2.40. The van der Waals surface area contributed by atoms with Crippen LogP contribution in [-0.4, -0.2) is 51.1 Å². The number of hydrogen-bond donors (Lipinski definition) is 2. The predicted molar refractivity (Wildman–Crippen MR) is 48.8 cm³/mol. The highest BCUT2D eigenvalue weighted by Crippen LogP contribution is 2.14. The number of amides is 1. The van der Waals surface area contributed by atoms with Crippen LogP contribution in [0.15, 0.2) is 0 Å². The quantitative estimate of drug-likeness (QED) is 0.537. The van der Waals surface area contributed by atoms with Crippen molar-refractivity contribution in [1.82, 2.24) is 10.6 Å². The molecule has 0 aromatic carbocycles. The minimum Gasteiger partial charge on any atom is -0.371 e. The SMILES string of the molecule is O=C(CNCCOCC(F)(F)F)NCC(F)(F)F. The summed E-state index contributed by atoms with van der Waals surface area (Å²) in [5, 5.41) is 3.93. The van der Waals surface area contributed by atoms with E-state index in [0.29, 0.717) is 0 Å². The summed E-state index contributed by atoms with van der Waals surface area (Å²) in [6.07, 6.45) is -8.92. The molecule has 0 aliphatic heterocycles. The van der Waals surface area contributed by atoms with Crippen molar-refractivity contribution in [2.24, 2.45) is 0 Å². The van der Waals surface area contributed by atoms with Gasteiger partial charge in [0, 0.05) is 6.54 Å². The van der Waals surface area contributed by atoms with E-state index < -0.39 is 38.0 Å². The van der Waals surface area contributed by atoms with Crippen LogP contribution < -0.4 is 10.6 Å². The van der Waals surface area contributed by atoms with Crippen molar-refractivity contribution in [1.29, 1.82) is 0 Å². The van der Waals surface area contributed by atoms with Crippen LogP contribution in [0.2, 0.25) is 0 Å². The third-order valence-corrected chi connectivity index (χ3v) is 1.46. The van der Waals surface area contributed by atoms with Gasteiger partial charge in [-0.15, -0.1) is 0 Å². The molecule has 0 aliphatic rings. The Morgan fingerprint density at radius 1 is 1.06 bits per heavy atom. The van der Waals surface area contributed by atoms with E-state index in [9.17, 15) is 31.1 Å². The summed E-state index contributed by atoms with van der Waals surface area (Å²) >= 11 is 0. The lowest BCUT2D eigenvalue weighted by molar-refractivity contribution is -0.173. The van der Waals surface area contributed by atoms with Gasteiger partial charge in [-0.25, -0.2) is 0 Å². The number of carbonyl (C=O) groups is 1. The molecule has 0 radical (unpaired) electrons. The van der Waals surface area contributed by atoms with Crippen molar-refractivity contribution in [3.63, 3.8) is 0 Å². The van der Waals surface area contributed by atoms with Crippen LogP contribution in [0, 0.1) is 0 Å². The van der Waals surface area contributed by atoms with Crippen LogP contribution in [0.3, 0.4) is 0 Å². The molecule has 0 bridgehead atoms. The first-order valence-electron chi connectivity index (χ1n) is 4.79. The van der Waals surface area contributed by atoms with E-state index in [1.807, 2.05) is 0 Å². The zero-order valence-corrected chi connectivity index (χ0v) is 9.12. The summed E-state index contributed by atoms with van der Waals surface area (Å²) in [6.45, 7) is -3.65. The highest BCUT2D eigenvalue weighted by atomic mass is 19.4. The molecule has 0 aromatic heterocycles. The molecule has 0 atom stereocenters. The minimum absolute atomic E-state index is 0.0739. The molecule has 0 heterocycles. The summed E-state index contributed by atoms with van der Waals surface area (Å²) in [7, 11) is 0. The van der Waals surface area contributed by atoms with E-state index >= 15 is 0 Å². The highest BCUT2D eigenvalue weighted by molar-refractivity contribution is 5.77. The van der Waals surface area contributed by atoms with E-state index in [-0.39, 0.29) is 13.2 Å². The molecule has 0 unspecified atom stereocenters. The van der Waals surface area contributed by atoms with Crippen molar-refractivity contribution in [2.45, 2.75) is 12.4 Å². The second-order valence-electron chi connectivity index (χ2n) is 3.24. The number of ether oxygens (including phenoxy) is 1. The average Bonchev–Trinajstić information content (AvgIpc) is 2.17. The van der Waals surface area contributed by atoms with Gasteiger partial charge in [-0.2, -0.15) is 26.3 Å². The number of rotatable bonds is 7. The van der Waals surface area contributed by atoms with Crippen LogP contribution in [0.1, 0.15) is 0 Å². The summed E-state index contributed by atoms with van der Waals surface area (Å²) < 4.78 is 73.9. The van der Waals surface area contributed by atoms with Crippen molar-refractivity contribution in [3.8, 4) is 0 Å². The Labute approximate surface area is 98.7 Å². The third kappa shape index (κ3) is 13.0. The zero-order valence-electron chi connectivity index (χ0n) is 9.12. The molecule has 0 rings (SSSR count). The fourth-order valence-electron chi connectivity index (χ4n) is 0.795. The second kappa shape index (κ2) is 7.41. The molecule has 2 N–H and O–H groups in total. The van der Waals surface area contributed by atoms with Gasteiger partial charge in [0.1, 0.15) is 13.2 Å². The van der Waals surface area contributed by atoms with Gasteiger partial charge < -0.3 is 15.4 Å². The van der Waals surface area contributed by atoms with Crippen LogP contribution in [0.5, 0.6) is 0 Å². The molecule has 1 amide bonds. The fourth-order valence-corrected chi connectivity index (χ4v) is 0.795. The molecule has 0 fully saturated rings. The Kier molecular flexibility index (Phi) is 6.99. The van der Waals surface area contributed by atoms with Crippen LogP contribution >= 0.6 is 0 Å². The van der Waals surface area contributed by atoms with Crippen LogP contribution in [0.25, 0.3) is 0 Å². The fraction of sp³-hybridized carbons (Fsp3) is 0.875. The average molecular weight is 282 g/mol. The first kappa shape index (κ1) is 17.0. The van der Waals surface area contributed by atoms with E-state index in [1.165, 1.54) is 0 Å². The van der Waals surface area contributed by atoms with Crippen molar-refractivity contribution < 1.29 is 35.9 Å². The number of hydrogen-bond acceptors (Lipinski definition) is 3. The first-order chi connectivity index (χ1) is 8.10. The van der Waals surface area contributed by atoms with Gasteiger partial charge in [-0.3, -0.25) is 4.79 Å². The Balaban J connectivity index is 3.42. The maximum atomic E-state index is 11.7. The van der Waals surface area contributed by atoms with Crippen molar-refractivity contribution >= 4 is 5.91 Å². The maximum absolute atomic E-state index is 11.7. The van der Waals surface area contributed by atoms with E-state index in [0.717, 1.165) is 0 Å². The van der Waals surface area contributed by atoms with Gasteiger partial charge in [-0.1, -0.05) is 0 Å². The number of alkyl halides is 6. The highest BCUT2D eigenvalue weighted by Gasteiger charge is 2.28. The van der Waals surface area contributed by atoms with Gasteiger partial charge in [0.15, 0.2) is 0 Å². The molecule has 0 aliphatic carbocycles. The molecule has 0 saturated carbocycles. The van der Waals surface area contributed by atoms with Gasteiger partial charge in [0.25, 0.3) is 0 Å². The third-order valence-electron chi connectivity index (χ3n) is 1.46. The molecule has 0 saturated heterocycles. The first-order valence-corrected chi connectivity index (χ1v) is 4.79. The Hall–Kier alpha value is -1.03. The maximum Gasteiger partial charge on any atom is 0.411 e. The molecule has 0 aromatic rings. The van der Waals surface area contributed by atoms with Gasteiger partial charge in [0.2, 0.25) is 5.91 Å². The molecule has 108 valence electrons. The van der Waals surface area contributed by atoms with Gasteiger partial charge in [-0.05, 0) is 0 Å². The predicted octanol–water partition coefficient (Wildman–Crippen LogP) is 0.833. The summed E-state index contributed by atoms with van der Waals surface area (Å²) in [6, 6.07) is 0.